The number of benzene rings is 1. The molecule has 3 nitrogen and oxygen atoms in total. The quantitative estimate of drug-likeness (QED) is 0.880. The van der Waals surface area contributed by atoms with Crippen LogP contribution in [-0.4, -0.2) is 44.2 Å². The number of piperazine rings is 1. The number of aryl methyl sites for hydroxylation is 1. The summed E-state index contributed by atoms with van der Waals surface area (Å²) >= 11 is 0. The fourth-order valence-electron chi connectivity index (χ4n) is 3.28. The number of hydrogen-bond donors (Lipinski definition) is 1. The Hall–Kier alpha value is -1.22. The molecule has 2 aliphatic rings. The Balaban J connectivity index is 1.78. The summed E-state index contributed by atoms with van der Waals surface area (Å²) in [7, 11) is 2.25. The standard InChI is InChI=1S/C16H25N3/c1-3-14-12-19(10-9-18(14)2)15-6-7-16-13(11-15)5-4-8-17-16/h6-7,11,14,17H,3-5,8-10,12H2,1-2H3. The molecule has 3 heteroatoms. The minimum Gasteiger partial charge on any atom is -0.385 e. The van der Waals surface area contributed by atoms with Gasteiger partial charge in [-0.1, -0.05) is 6.92 Å². The molecule has 1 N–H and O–H groups in total. The molecule has 0 amide bonds. The molecule has 1 fully saturated rings. The van der Waals surface area contributed by atoms with Crippen molar-refractivity contribution in [2.75, 3.05) is 43.4 Å². The fourth-order valence-corrected chi connectivity index (χ4v) is 3.28. The van der Waals surface area contributed by atoms with Crippen LogP contribution in [0.5, 0.6) is 0 Å². The van der Waals surface area contributed by atoms with Crippen molar-refractivity contribution >= 4 is 11.4 Å². The van der Waals surface area contributed by atoms with Gasteiger partial charge in [-0.3, -0.25) is 4.90 Å². The van der Waals surface area contributed by atoms with E-state index >= 15 is 0 Å². The average molecular weight is 259 g/mol. The molecule has 0 radical (unpaired) electrons. The summed E-state index contributed by atoms with van der Waals surface area (Å²) in [4.78, 5) is 5.06. The molecule has 0 aromatic heterocycles. The molecule has 2 aliphatic heterocycles. The van der Waals surface area contributed by atoms with E-state index in [9.17, 15) is 0 Å². The lowest BCUT2D eigenvalue weighted by Gasteiger charge is -2.40. The number of rotatable bonds is 2. The molecule has 0 saturated carbocycles. The third-order valence-corrected chi connectivity index (χ3v) is 4.64. The molecule has 104 valence electrons. The first-order chi connectivity index (χ1) is 9.28. The van der Waals surface area contributed by atoms with Gasteiger partial charge in [0.05, 0.1) is 0 Å². The van der Waals surface area contributed by atoms with E-state index in [0.29, 0.717) is 6.04 Å². The molecule has 1 saturated heterocycles. The van der Waals surface area contributed by atoms with Gasteiger partial charge in [0.1, 0.15) is 0 Å². The molecular weight excluding hydrogens is 234 g/mol. The highest BCUT2D eigenvalue weighted by atomic mass is 15.3. The molecule has 19 heavy (non-hydrogen) atoms. The van der Waals surface area contributed by atoms with E-state index < -0.39 is 0 Å². The van der Waals surface area contributed by atoms with Crippen LogP contribution in [0.1, 0.15) is 25.3 Å². The second kappa shape index (κ2) is 5.41. The van der Waals surface area contributed by atoms with Crippen LogP contribution in [0.3, 0.4) is 0 Å². The minimum atomic E-state index is 0.697. The fraction of sp³-hybridized carbons (Fsp3) is 0.625. The average Bonchev–Trinajstić information content (AvgIpc) is 2.47. The number of nitrogens with zero attached hydrogens (tertiary/aromatic N) is 2. The van der Waals surface area contributed by atoms with Gasteiger partial charge in [-0.15, -0.1) is 0 Å². The maximum atomic E-state index is 3.49. The number of nitrogens with one attached hydrogen (secondary N) is 1. The van der Waals surface area contributed by atoms with Crippen LogP contribution in [0, 0.1) is 0 Å². The van der Waals surface area contributed by atoms with Crippen molar-refractivity contribution in [3.05, 3.63) is 23.8 Å². The van der Waals surface area contributed by atoms with Gasteiger partial charge < -0.3 is 10.2 Å². The largest absolute Gasteiger partial charge is 0.385 e. The molecule has 1 aromatic carbocycles. The maximum Gasteiger partial charge on any atom is 0.0374 e. The summed E-state index contributed by atoms with van der Waals surface area (Å²) in [6.45, 7) is 6.91. The van der Waals surface area contributed by atoms with Crippen LogP contribution in [0.25, 0.3) is 0 Å². The topological polar surface area (TPSA) is 18.5 Å². The zero-order valence-electron chi connectivity index (χ0n) is 12.2. The third-order valence-electron chi connectivity index (χ3n) is 4.64. The van der Waals surface area contributed by atoms with Gasteiger partial charge in [-0.25, -0.2) is 0 Å². The van der Waals surface area contributed by atoms with Crippen LogP contribution >= 0.6 is 0 Å². The number of likely N-dealkylation sites (N-methyl/N-ethyl adjacent to an activating group) is 1. The Kier molecular flexibility index (Phi) is 3.65. The van der Waals surface area contributed by atoms with Crippen LogP contribution in [0.15, 0.2) is 18.2 Å². The molecule has 3 rings (SSSR count). The van der Waals surface area contributed by atoms with E-state index in [1.165, 1.54) is 49.3 Å². The molecule has 0 aliphatic carbocycles. The van der Waals surface area contributed by atoms with Crippen LogP contribution < -0.4 is 10.2 Å². The van der Waals surface area contributed by atoms with Crippen molar-refractivity contribution in [2.45, 2.75) is 32.2 Å². The van der Waals surface area contributed by atoms with Crippen molar-refractivity contribution < 1.29 is 0 Å². The third kappa shape index (κ3) is 2.57. The Morgan fingerprint density at radius 2 is 2.21 bits per heavy atom. The predicted octanol–water partition coefficient (Wildman–Crippen LogP) is 2.58. The van der Waals surface area contributed by atoms with E-state index in [2.05, 4.69) is 47.3 Å². The molecule has 0 bridgehead atoms. The van der Waals surface area contributed by atoms with Crippen LogP contribution in [-0.2, 0) is 6.42 Å². The molecule has 0 spiro atoms. The van der Waals surface area contributed by atoms with Crippen molar-refractivity contribution in [1.29, 1.82) is 0 Å². The van der Waals surface area contributed by atoms with Crippen molar-refractivity contribution in [3.8, 4) is 0 Å². The second-order valence-corrected chi connectivity index (χ2v) is 5.86. The van der Waals surface area contributed by atoms with E-state index in [-0.39, 0.29) is 0 Å². The molecule has 2 heterocycles. The first-order valence-electron chi connectivity index (χ1n) is 7.60. The van der Waals surface area contributed by atoms with Gasteiger partial charge in [0.2, 0.25) is 0 Å². The highest BCUT2D eigenvalue weighted by molar-refractivity contribution is 5.62. The minimum absolute atomic E-state index is 0.697. The van der Waals surface area contributed by atoms with E-state index in [1.54, 1.807) is 0 Å². The van der Waals surface area contributed by atoms with Gasteiger partial charge in [-0.2, -0.15) is 0 Å². The van der Waals surface area contributed by atoms with Crippen LogP contribution in [0.2, 0.25) is 0 Å². The van der Waals surface area contributed by atoms with E-state index in [1.807, 2.05) is 0 Å². The summed E-state index contributed by atoms with van der Waals surface area (Å²) in [6.07, 6.45) is 3.72. The normalized spacial score (nSPS) is 23.9. The van der Waals surface area contributed by atoms with Gasteiger partial charge in [0, 0.05) is 43.6 Å². The zero-order valence-corrected chi connectivity index (χ0v) is 12.2. The lowest BCUT2D eigenvalue weighted by atomic mass is 10.0. The Morgan fingerprint density at radius 3 is 3.05 bits per heavy atom. The van der Waals surface area contributed by atoms with Gasteiger partial charge in [-0.05, 0) is 50.1 Å². The second-order valence-electron chi connectivity index (χ2n) is 5.86. The first kappa shape index (κ1) is 12.8. The van der Waals surface area contributed by atoms with E-state index in [0.717, 1.165) is 13.1 Å². The summed E-state index contributed by atoms with van der Waals surface area (Å²) in [5, 5.41) is 3.49. The Morgan fingerprint density at radius 1 is 1.32 bits per heavy atom. The monoisotopic (exact) mass is 259 g/mol. The van der Waals surface area contributed by atoms with Gasteiger partial charge >= 0.3 is 0 Å². The highest BCUT2D eigenvalue weighted by Gasteiger charge is 2.23. The van der Waals surface area contributed by atoms with Crippen molar-refractivity contribution in [2.24, 2.45) is 0 Å². The maximum absolute atomic E-state index is 3.49. The Bertz CT molecular complexity index is 444. The lowest BCUT2D eigenvalue weighted by Crippen LogP contribution is -2.51. The predicted molar refractivity (Wildman–Crippen MR) is 82.2 cm³/mol. The van der Waals surface area contributed by atoms with Crippen LogP contribution in [0.4, 0.5) is 11.4 Å². The molecule has 1 aromatic rings. The highest BCUT2D eigenvalue weighted by Crippen LogP contribution is 2.28. The number of fused-ring (bicyclic) bond motifs is 1. The van der Waals surface area contributed by atoms with Crippen molar-refractivity contribution in [1.82, 2.24) is 4.90 Å². The molecule has 1 atom stereocenters. The number of anilines is 2. The summed E-state index contributed by atoms with van der Waals surface area (Å²) in [5.74, 6) is 0. The zero-order chi connectivity index (χ0) is 13.2. The number of hydrogen-bond acceptors (Lipinski definition) is 3. The molecule has 1 unspecified atom stereocenters. The van der Waals surface area contributed by atoms with E-state index in [4.69, 9.17) is 0 Å². The smallest absolute Gasteiger partial charge is 0.0374 e. The Labute approximate surface area is 116 Å². The van der Waals surface area contributed by atoms with Gasteiger partial charge in [0.25, 0.3) is 0 Å². The lowest BCUT2D eigenvalue weighted by molar-refractivity contribution is 0.213. The van der Waals surface area contributed by atoms with Gasteiger partial charge in [0.15, 0.2) is 0 Å². The van der Waals surface area contributed by atoms with Crippen molar-refractivity contribution in [3.63, 3.8) is 0 Å². The SMILES string of the molecule is CCC1CN(c2ccc3c(c2)CCCN3)CCN1C. The summed E-state index contributed by atoms with van der Waals surface area (Å²) < 4.78 is 0. The first-order valence-corrected chi connectivity index (χ1v) is 7.60. The molecular formula is C16H25N3. The summed E-state index contributed by atoms with van der Waals surface area (Å²) in [5.41, 5.74) is 4.25. The summed E-state index contributed by atoms with van der Waals surface area (Å²) in [6, 6.07) is 7.65.